The third-order valence-electron chi connectivity index (χ3n) is 1.49. The van der Waals surface area contributed by atoms with Gasteiger partial charge in [-0.2, -0.15) is 0 Å². The molecule has 1 rings (SSSR count). The van der Waals surface area contributed by atoms with Gasteiger partial charge in [-0.25, -0.2) is 0 Å². The van der Waals surface area contributed by atoms with E-state index in [0.717, 1.165) is 0 Å². The maximum absolute atomic E-state index is 11.3. The second-order valence-corrected chi connectivity index (χ2v) is 4.20. The van der Waals surface area contributed by atoms with Crippen molar-refractivity contribution in [2.45, 2.75) is 0 Å². The van der Waals surface area contributed by atoms with Gasteiger partial charge in [-0.05, 0) is 28.1 Å². The van der Waals surface area contributed by atoms with E-state index in [1.165, 1.54) is 0 Å². The van der Waals surface area contributed by atoms with Crippen molar-refractivity contribution in [2.24, 2.45) is 0 Å². The number of anilines is 1. The van der Waals surface area contributed by atoms with E-state index < -0.39 is 0 Å². The predicted octanol–water partition coefficient (Wildman–Crippen LogP) is 3.26. The van der Waals surface area contributed by atoms with Crippen molar-refractivity contribution in [1.82, 2.24) is 0 Å². The minimum Gasteiger partial charge on any atom is -0.398 e. The Bertz CT molecular complexity index is 354. The van der Waals surface area contributed by atoms with Gasteiger partial charge in [0.15, 0.2) is 5.78 Å². The van der Waals surface area contributed by atoms with Crippen LogP contribution in [0.4, 0.5) is 5.69 Å². The smallest absolute Gasteiger partial charge is 0.174 e. The summed E-state index contributed by atoms with van der Waals surface area (Å²) >= 11 is 12.1. The van der Waals surface area contributed by atoms with Gasteiger partial charge in [0.05, 0.1) is 9.80 Å². The lowest BCUT2D eigenvalue weighted by Gasteiger charge is -2.05. The molecule has 5 heteroatoms. The zero-order valence-corrected chi connectivity index (χ0v) is 10.4. The van der Waals surface area contributed by atoms with Crippen LogP contribution >= 0.6 is 43.5 Å². The van der Waals surface area contributed by atoms with Crippen molar-refractivity contribution >= 4 is 54.9 Å². The second-order valence-electron chi connectivity index (χ2n) is 2.41. The molecule has 1 aromatic carbocycles. The number of nitrogens with two attached hydrogens (primary N) is 1. The fourth-order valence-corrected chi connectivity index (χ4v) is 1.86. The van der Waals surface area contributed by atoms with Crippen LogP contribution in [-0.2, 0) is 0 Å². The fraction of sp³-hybridized carbons (Fsp3) is 0.125. The Hall–Kier alpha value is -0.0600. The van der Waals surface area contributed by atoms with E-state index >= 15 is 0 Å². The first kappa shape index (κ1) is 11.0. The Morgan fingerprint density at radius 3 is 2.69 bits per heavy atom. The molecule has 0 amide bonds. The van der Waals surface area contributed by atoms with Crippen molar-refractivity contribution in [2.75, 3.05) is 11.1 Å². The maximum Gasteiger partial charge on any atom is 0.174 e. The highest BCUT2D eigenvalue weighted by Crippen LogP contribution is 2.28. The van der Waals surface area contributed by atoms with Crippen molar-refractivity contribution in [1.29, 1.82) is 0 Å². The Morgan fingerprint density at radius 2 is 2.15 bits per heavy atom. The number of hydrogen-bond acceptors (Lipinski definition) is 2. The summed E-state index contributed by atoms with van der Waals surface area (Å²) in [5.74, 6) is -0.0546. The third kappa shape index (κ3) is 2.45. The number of alkyl halides is 1. The third-order valence-corrected chi connectivity index (χ3v) is 3.10. The number of rotatable bonds is 2. The zero-order chi connectivity index (χ0) is 10.0. The van der Waals surface area contributed by atoms with Crippen molar-refractivity contribution in [3.63, 3.8) is 0 Å². The lowest BCUT2D eigenvalue weighted by molar-refractivity contribution is 0.102. The fourth-order valence-electron chi connectivity index (χ4n) is 0.885. The molecule has 70 valence electrons. The molecular formula is C8H6Br2ClNO. The van der Waals surface area contributed by atoms with E-state index in [1.807, 2.05) is 0 Å². The number of halogens is 3. The van der Waals surface area contributed by atoms with Crippen LogP contribution in [0.2, 0.25) is 5.02 Å². The van der Waals surface area contributed by atoms with E-state index in [0.29, 0.717) is 20.7 Å². The molecule has 0 aliphatic heterocycles. The molecule has 0 spiro atoms. The van der Waals surface area contributed by atoms with Gasteiger partial charge in [0.2, 0.25) is 0 Å². The summed E-state index contributed by atoms with van der Waals surface area (Å²) in [6, 6.07) is 3.18. The van der Waals surface area contributed by atoms with Gasteiger partial charge in [-0.1, -0.05) is 27.5 Å². The summed E-state index contributed by atoms with van der Waals surface area (Å²) < 4.78 is 0.598. The summed E-state index contributed by atoms with van der Waals surface area (Å²) in [6.07, 6.45) is 0. The van der Waals surface area contributed by atoms with Crippen LogP contribution in [0.25, 0.3) is 0 Å². The van der Waals surface area contributed by atoms with E-state index in [4.69, 9.17) is 17.3 Å². The number of benzene rings is 1. The van der Waals surface area contributed by atoms with Gasteiger partial charge >= 0.3 is 0 Å². The molecule has 0 aliphatic rings. The minimum absolute atomic E-state index is 0.0546. The highest BCUT2D eigenvalue weighted by Gasteiger charge is 2.11. The molecule has 0 aliphatic carbocycles. The second kappa shape index (κ2) is 4.44. The van der Waals surface area contributed by atoms with E-state index in [1.54, 1.807) is 12.1 Å². The molecular weight excluding hydrogens is 321 g/mol. The number of nitrogen functional groups attached to an aromatic ring is 1. The Morgan fingerprint density at radius 1 is 1.54 bits per heavy atom. The normalized spacial score (nSPS) is 10.1. The Balaban J connectivity index is 3.28. The lowest BCUT2D eigenvalue weighted by atomic mass is 10.1. The Kier molecular flexibility index (Phi) is 3.76. The zero-order valence-electron chi connectivity index (χ0n) is 6.48. The van der Waals surface area contributed by atoms with E-state index in [9.17, 15) is 4.79 Å². The van der Waals surface area contributed by atoms with Crippen molar-refractivity contribution in [3.05, 3.63) is 27.2 Å². The maximum atomic E-state index is 11.3. The summed E-state index contributed by atoms with van der Waals surface area (Å²) in [5, 5.41) is 0.718. The summed E-state index contributed by atoms with van der Waals surface area (Å²) in [6.45, 7) is 0. The van der Waals surface area contributed by atoms with Crippen LogP contribution in [0.3, 0.4) is 0 Å². The molecule has 0 aromatic heterocycles. The standard InChI is InChI=1S/C8H6Br2ClNO/c9-3-7(13)5-1-4(11)2-6(12)8(5)10/h1-2H,3,12H2. The SMILES string of the molecule is Nc1cc(Cl)cc(C(=O)CBr)c1Br. The molecule has 0 fully saturated rings. The molecule has 0 saturated carbocycles. The molecule has 13 heavy (non-hydrogen) atoms. The molecule has 0 unspecified atom stereocenters. The van der Waals surface area contributed by atoms with Crippen LogP contribution in [0.5, 0.6) is 0 Å². The molecule has 0 heterocycles. The number of carbonyl (C=O) groups is 1. The lowest BCUT2D eigenvalue weighted by Crippen LogP contribution is -2.03. The van der Waals surface area contributed by atoms with Crippen LogP contribution in [0, 0.1) is 0 Å². The van der Waals surface area contributed by atoms with Crippen molar-refractivity contribution in [3.8, 4) is 0 Å². The number of hydrogen-bond donors (Lipinski definition) is 1. The Labute approximate surface area is 97.7 Å². The summed E-state index contributed by atoms with van der Waals surface area (Å²) in [7, 11) is 0. The molecule has 0 bridgehead atoms. The molecule has 0 saturated heterocycles. The number of ketones is 1. The predicted molar refractivity (Wildman–Crippen MR) is 61.7 cm³/mol. The topological polar surface area (TPSA) is 43.1 Å². The summed E-state index contributed by atoms with van der Waals surface area (Å²) in [5.41, 5.74) is 6.59. The van der Waals surface area contributed by atoms with Crippen LogP contribution < -0.4 is 5.73 Å². The highest BCUT2D eigenvalue weighted by molar-refractivity contribution is 9.10. The molecule has 0 atom stereocenters. The van der Waals surface area contributed by atoms with Gasteiger partial charge in [0.1, 0.15) is 0 Å². The van der Waals surface area contributed by atoms with E-state index in [-0.39, 0.29) is 11.1 Å². The van der Waals surface area contributed by atoms with Gasteiger partial charge in [0.25, 0.3) is 0 Å². The van der Waals surface area contributed by atoms with Gasteiger partial charge in [-0.3, -0.25) is 4.79 Å². The first-order valence-corrected chi connectivity index (χ1v) is 5.69. The molecule has 2 nitrogen and oxygen atoms in total. The van der Waals surface area contributed by atoms with Gasteiger partial charge in [0, 0.05) is 16.3 Å². The van der Waals surface area contributed by atoms with Gasteiger partial charge < -0.3 is 5.73 Å². The van der Waals surface area contributed by atoms with Crippen LogP contribution in [0.15, 0.2) is 16.6 Å². The largest absolute Gasteiger partial charge is 0.398 e. The van der Waals surface area contributed by atoms with Crippen LogP contribution in [-0.4, -0.2) is 11.1 Å². The van der Waals surface area contributed by atoms with Crippen LogP contribution in [0.1, 0.15) is 10.4 Å². The quantitative estimate of drug-likeness (QED) is 0.515. The monoisotopic (exact) mass is 325 g/mol. The first-order valence-electron chi connectivity index (χ1n) is 3.40. The minimum atomic E-state index is -0.0546. The summed E-state index contributed by atoms with van der Waals surface area (Å²) in [4.78, 5) is 11.3. The first-order chi connectivity index (χ1) is 6.06. The average Bonchev–Trinajstić information content (AvgIpc) is 2.10. The highest BCUT2D eigenvalue weighted by atomic mass is 79.9. The van der Waals surface area contributed by atoms with Crippen molar-refractivity contribution < 1.29 is 4.79 Å². The number of carbonyl (C=O) groups excluding carboxylic acids is 1. The van der Waals surface area contributed by atoms with E-state index in [2.05, 4.69) is 31.9 Å². The molecule has 0 radical (unpaired) electrons. The average molecular weight is 327 g/mol. The van der Waals surface area contributed by atoms with Gasteiger partial charge in [-0.15, -0.1) is 0 Å². The number of Topliss-reactive ketones (excluding diaryl/α,β-unsaturated/α-hetero) is 1. The molecule has 2 N–H and O–H groups in total. The molecule has 1 aromatic rings.